The van der Waals surface area contributed by atoms with Gasteiger partial charge in [-0.2, -0.15) is 0 Å². The first-order valence-corrected chi connectivity index (χ1v) is 9.26. The molecule has 2 atom stereocenters. The highest BCUT2D eigenvalue weighted by Gasteiger charge is 2.31. The number of halogens is 2. The zero-order chi connectivity index (χ0) is 18.8. The van der Waals surface area contributed by atoms with Gasteiger partial charge < -0.3 is 10.1 Å². The Morgan fingerprint density at radius 1 is 1.00 bits per heavy atom. The Balaban J connectivity index is 1.57. The molecule has 0 spiro atoms. The molecule has 4 nitrogen and oxygen atoms in total. The van der Waals surface area contributed by atoms with Gasteiger partial charge in [0.25, 0.3) is 5.91 Å². The number of carbonyl (C=O) groups is 1. The molecule has 1 amide bonds. The zero-order valence-corrected chi connectivity index (χ0v) is 15.7. The van der Waals surface area contributed by atoms with Gasteiger partial charge in [0, 0.05) is 28.9 Å². The van der Waals surface area contributed by atoms with Gasteiger partial charge in [0.1, 0.15) is 5.75 Å². The van der Waals surface area contributed by atoms with Gasteiger partial charge in [0.2, 0.25) is 0 Å². The van der Waals surface area contributed by atoms with Gasteiger partial charge in [-0.05, 0) is 59.2 Å². The molecule has 1 N–H and O–H groups in total. The molecular weight excluding hydrogens is 383 g/mol. The average molecular weight is 399 g/mol. The van der Waals surface area contributed by atoms with Crippen LogP contribution >= 0.6 is 23.2 Å². The number of nitrogens with one attached hydrogen (secondary N) is 1. The summed E-state index contributed by atoms with van der Waals surface area (Å²) in [6.45, 7) is 0. The number of pyridine rings is 1. The number of nitrogens with zero attached hydrogens (tertiary/aromatic N) is 1. The van der Waals surface area contributed by atoms with Gasteiger partial charge in [-0.3, -0.25) is 9.78 Å². The van der Waals surface area contributed by atoms with Crippen LogP contribution in [0.3, 0.4) is 0 Å². The number of rotatable bonds is 4. The van der Waals surface area contributed by atoms with E-state index in [1.54, 1.807) is 36.7 Å². The van der Waals surface area contributed by atoms with Gasteiger partial charge in [-0.15, -0.1) is 0 Å². The summed E-state index contributed by atoms with van der Waals surface area (Å²) in [5, 5.41) is 4.37. The standard InChI is InChI=1S/C21H16Cl2N2O2/c22-16-3-1-13(2-4-16)20(14-7-9-24-10-8-14)25-21(26)19-12-15-11-17(23)5-6-18(15)27-19/h1-11,19-20H,12H2,(H,25,26)/t19-,20+/m0/s1. The van der Waals surface area contributed by atoms with Gasteiger partial charge in [-0.25, -0.2) is 0 Å². The van der Waals surface area contributed by atoms with Crippen molar-refractivity contribution in [3.63, 3.8) is 0 Å². The Kier molecular flexibility index (Phi) is 5.01. The van der Waals surface area contributed by atoms with Crippen LogP contribution in [0.2, 0.25) is 10.0 Å². The fraction of sp³-hybridized carbons (Fsp3) is 0.143. The van der Waals surface area contributed by atoms with Crippen molar-refractivity contribution in [2.45, 2.75) is 18.6 Å². The molecule has 0 saturated carbocycles. The van der Waals surface area contributed by atoms with E-state index in [0.717, 1.165) is 16.7 Å². The third-order valence-electron chi connectivity index (χ3n) is 4.52. The Bertz CT molecular complexity index is 962. The number of benzene rings is 2. The summed E-state index contributed by atoms with van der Waals surface area (Å²) >= 11 is 12.0. The van der Waals surface area contributed by atoms with E-state index in [2.05, 4.69) is 10.3 Å². The normalized spacial score (nSPS) is 16.3. The van der Waals surface area contributed by atoms with Crippen LogP contribution in [0, 0.1) is 0 Å². The van der Waals surface area contributed by atoms with E-state index in [1.165, 1.54) is 0 Å². The quantitative estimate of drug-likeness (QED) is 0.698. The predicted molar refractivity (Wildman–Crippen MR) is 105 cm³/mol. The molecule has 136 valence electrons. The molecule has 2 heterocycles. The van der Waals surface area contributed by atoms with E-state index in [4.69, 9.17) is 27.9 Å². The number of aromatic nitrogens is 1. The van der Waals surface area contributed by atoms with Crippen LogP contribution in [0.25, 0.3) is 0 Å². The van der Waals surface area contributed by atoms with Gasteiger partial charge in [-0.1, -0.05) is 35.3 Å². The van der Waals surface area contributed by atoms with Crippen LogP contribution in [-0.4, -0.2) is 17.0 Å². The summed E-state index contributed by atoms with van der Waals surface area (Å²) in [7, 11) is 0. The SMILES string of the molecule is O=C(N[C@@H](c1ccncc1)c1ccc(Cl)cc1)[C@@H]1Cc2cc(Cl)ccc2O1. The highest BCUT2D eigenvalue weighted by molar-refractivity contribution is 6.30. The van der Waals surface area contributed by atoms with Crippen molar-refractivity contribution in [1.29, 1.82) is 0 Å². The van der Waals surface area contributed by atoms with E-state index in [9.17, 15) is 4.79 Å². The van der Waals surface area contributed by atoms with Crippen molar-refractivity contribution in [2.24, 2.45) is 0 Å². The summed E-state index contributed by atoms with van der Waals surface area (Å²) in [6.07, 6.45) is 3.31. The Hall–Kier alpha value is -2.56. The van der Waals surface area contributed by atoms with Crippen LogP contribution < -0.4 is 10.1 Å². The minimum Gasteiger partial charge on any atom is -0.480 e. The molecule has 1 aliphatic rings. The second-order valence-corrected chi connectivity index (χ2v) is 7.21. The molecule has 4 rings (SSSR count). The molecule has 1 aromatic heterocycles. The van der Waals surface area contributed by atoms with E-state index in [1.807, 2.05) is 30.3 Å². The highest BCUT2D eigenvalue weighted by atomic mass is 35.5. The highest BCUT2D eigenvalue weighted by Crippen LogP contribution is 2.32. The minimum atomic E-state index is -0.588. The number of hydrogen-bond donors (Lipinski definition) is 1. The fourth-order valence-electron chi connectivity index (χ4n) is 3.17. The van der Waals surface area contributed by atoms with Gasteiger partial charge >= 0.3 is 0 Å². The van der Waals surface area contributed by atoms with E-state index in [0.29, 0.717) is 22.2 Å². The first kappa shape index (κ1) is 17.8. The van der Waals surface area contributed by atoms with Crippen molar-refractivity contribution in [2.75, 3.05) is 0 Å². The second kappa shape index (κ2) is 7.59. The minimum absolute atomic E-state index is 0.181. The summed E-state index contributed by atoms with van der Waals surface area (Å²) in [6, 6.07) is 16.2. The largest absolute Gasteiger partial charge is 0.480 e. The van der Waals surface area contributed by atoms with Gasteiger partial charge in [0.05, 0.1) is 6.04 Å². The molecular formula is C21H16Cl2N2O2. The molecule has 27 heavy (non-hydrogen) atoms. The summed E-state index contributed by atoms with van der Waals surface area (Å²) < 4.78 is 5.81. The maximum Gasteiger partial charge on any atom is 0.262 e. The first-order chi connectivity index (χ1) is 13.1. The number of hydrogen-bond acceptors (Lipinski definition) is 3. The molecule has 1 aliphatic heterocycles. The number of amides is 1. The lowest BCUT2D eigenvalue weighted by Crippen LogP contribution is -2.40. The predicted octanol–water partition coefficient (Wildman–Crippen LogP) is 4.60. The molecule has 0 aliphatic carbocycles. The smallest absolute Gasteiger partial charge is 0.262 e. The van der Waals surface area contributed by atoms with Crippen LogP contribution in [0.4, 0.5) is 0 Å². The zero-order valence-electron chi connectivity index (χ0n) is 14.2. The Morgan fingerprint density at radius 3 is 2.41 bits per heavy atom. The summed E-state index contributed by atoms with van der Waals surface area (Å²) in [5.74, 6) is 0.519. The lowest BCUT2D eigenvalue weighted by molar-refractivity contribution is -0.127. The molecule has 2 aromatic carbocycles. The van der Waals surface area contributed by atoms with Gasteiger partial charge in [0.15, 0.2) is 6.10 Å². The molecule has 0 radical (unpaired) electrons. The van der Waals surface area contributed by atoms with Crippen LogP contribution in [0.15, 0.2) is 67.0 Å². The van der Waals surface area contributed by atoms with Crippen LogP contribution in [-0.2, 0) is 11.2 Å². The van der Waals surface area contributed by atoms with Crippen LogP contribution in [0.5, 0.6) is 5.75 Å². The van der Waals surface area contributed by atoms with E-state index >= 15 is 0 Å². The molecule has 0 bridgehead atoms. The fourth-order valence-corrected chi connectivity index (χ4v) is 3.49. The van der Waals surface area contributed by atoms with E-state index in [-0.39, 0.29) is 11.9 Å². The molecule has 0 saturated heterocycles. The molecule has 0 fully saturated rings. The van der Waals surface area contributed by atoms with Crippen molar-refractivity contribution < 1.29 is 9.53 Å². The Labute approximate surface area is 167 Å². The maximum atomic E-state index is 12.9. The van der Waals surface area contributed by atoms with Crippen molar-refractivity contribution in [3.05, 3.63) is 93.7 Å². The summed E-state index contributed by atoms with van der Waals surface area (Å²) in [4.78, 5) is 17.0. The monoisotopic (exact) mass is 398 g/mol. The Morgan fingerprint density at radius 2 is 1.67 bits per heavy atom. The van der Waals surface area contributed by atoms with Crippen molar-refractivity contribution in [1.82, 2.24) is 10.3 Å². The topological polar surface area (TPSA) is 51.2 Å². The van der Waals surface area contributed by atoms with Crippen molar-refractivity contribution >= 4 is 29.1 Å². The number of carbonyl (C=O) groups excluding carboxylic acids is 1. The lowest BCUT2D eigenvalue weighted by atomic mass is 9.99. The number of ether oxygens (including phenoxy) is 1. The van der Waals surface area contributed by atoms with E-state index < -0.39 is 6.10 Å². The third kappa shape index (κ3) is 3.92. The van der Waals surface area contributed by atoms with Crippen molar-refractivity contribution in [3.8, 4) is 5.75 Å². The first-order valence-electron chi connectivity index (χ1n) is 8.51. The molecule has 6 heteroatoms. The number of fused-ring (bicyclic) bond motifs is 1. The summed E-state index contributed by atoms with van der Waals surface area (Å²) in [5.41, 5.74) is 2.80. The average Bonchev–Trinajstić information content (AvgIpc) is 3.11. The molecule has 3 aromatic rings. The second-order valence-electron chi connectivity index (χ2n) is 6.34. The molecule has 0 unspecified atom stereocenters. The van der Waals surface area contributed by atoms with Crippen LogP contribution in [0.1, 0.15) is 22.7 Å². The lowest BCUT2D eigenvalue weighted by Gasteiger charge is -2.21. The maximum absolute atomic E-state index is 12.9. The third-order valence-corrected chi connectivity index (χ3v) is 5.01.